The van der Waals surface area contributed by atoms with E-state index < -0.39 is 0 Å². The van der Waals surface area contributed by atoms with Gasteiger partial charge in [0.15, 0.2) is 0 Å². The van der Waals surface area contributed by atoms with Crippen molar-refractivity contribution in [1.29, 1.82) is 0 Å². The highest BCUT2D eigenvalue weighted by molar-refractivity contribution is 6.29. The predicted octanol–water partition coefficient (Wildman–Crippen LogP) is 5.39. The zero-order valence-electron chi connectivity index (χ0n) is 12.8. The summed E-state index contributed by atoms with van der Waals surface area (Å²) in [5, 5.41) is 0.417. The number of H-pyrrole nitrogens is 1. The number of hydrogen-bond acceptors (Lipinski definition) is 2. The molecule has 0 fully saturated rings. The Morgan fingerprint density at radius 1 is 1.00 bits per heavy atom. The number of nitrogens with zero attached hydrogens (tertiary/aromatic N) is 2. The van der Waals surface area contributed by atoms with Gasteiger partial charge in [0.2, 0.25) is 0 Å². The van der Waals surface area contributed by atoms with Crippen LogP contribution in [0.2, 0.25) is 5.15 Å². The van der Waals surface area contributed by atoms with Gasteiger partial charge < -0.3 is 4.98 Å². The molecular weight excluding hydrogens is 325 g/mol. The van der Waals surface area contributed by atoms with E-state index in [9.17, 15) is 4.39 Å². The molecule has 0 aliphatic heterocycles. The maximum Gasteiger partial charge on any atom is 0.129 e. The van der Waals surface area contributed by atoms with Crippen LogP contribution in [-0.4, -0.2) is 15.0 Å². The molecule has 24 heavy (non-hydrogen) atoms. The first-order valence-corrected chi connectivity index (χ1v) is 7.86. The summed E-state index contributed by atoms with van der Waals surface area (Å²) in [6.45, 7) is 1.99. The van der Waals surface area contributed by atoms with E-state index >= 15 is 0 Å². The Balaban J connectivity index is 2.05. The number of aromatic amines is 1. The molecule has 0 amide bonds. The Hall–Kier alpha value is -2.72. The highest BCUT2D eigenvalue weighted by Gasteiger charge is 2.16. The summed E-state index contributed by atoms with van der Waals surface area (Å²) in [4.78, 5) is 12.0. The third-order valence-corrected chi connectivity index (χ3v) is 4.13. The number of aryl methyl sites for hydroxylation is 1. The van der Waals surface area contributed by atoms with Gasteiger partial charge >= 0.3 is 0 Å². The van der Waals surface area contributed by atoms with Crippen molar-refractivity contribution < 1.29 is 4.39 Å². The standard InChI is InChI=1S/C19H13ClFN3/c1-11-8-15-19(23-10-11)17(12-2-4-14(21)5-3-12)18(24-15)13-6-7-22-16(20)9-13/h2-10,24H,1H3. The van der Waals surface area contributed by atoms with E-state index in [1.54, 1.807) is 24.4 Å². The van der Waals surface area contributed by atoms with Gasteiger partial charge in [-0.05, 0) is 48.4 Å². The molecule has 4 aromatic rings. The van der Waals surface area contributed by atoms with Crippen molar-refractivity contribution in [2.75, 3.05) is 0 Å². The molecule has 0 bridgehead atoms. The van der Waals surface area contributed by atoms with Crippen molar-refractivity contribution in [3.8, 4) is 22.4 Å². The van der Waals surface area contributed by atoms with Crippen LogP contribution in [0.4, 0.5) is 4.39 Å². The Morgan fingerprint density at radius 3 is 2.54 bits per heavy atom. The lowest BCUT2D eigenvalue weighted by atomic mass is 10.0. The molecule has 1 N–H and O–H groups in total. The van der Waals surface area contributed by atoms with Crippen molar-refractivity contribution >= 4 is 22.6 Å². The molecule has 0 spiro atoms. The van der Waals surface area contributed by atoms with Crippen LogP contribution in [0.15, 0.2) is 54.9 Å². The molecule has 3 nitrogen and oxygen atoms in total. The van der Waals surface area contributed by atoms with E-state index in [1.165, 1.54) is 12.1 Å². The Morgan fingerprint density at radius 2 is 1.79 bits per heavy atom. The molecule has 5 heteroatoms. The summed E-state index contributed by atoms with van der Waals surface area (Å²) >= 11 is 6.05. The van der Waals surface area contributed by atoms with Crippen LogP contribution >= 0.6 is 11.6 Å². The first-order valence-electron chi connectivity index (χ1n) is 7.48. The molecule has 0 saturated carbocycles. The number of rotatable bonds is 2. The second-order valence-corrected chi connectivity index (χ2v) is 6.05. The van der Waals surface area contributed by atoms with Crippen molar-refractivity contribution in [1.82, 2.24) is 15.0 Å². The minimum atomic E-state index is -0.268. The summed E-state index contributed by atoms with van der Waals surface area (Å²) in [7, 11) is 0. The second-order valence-electron chi connectivity index (χ2n) is 5.66. The second kappa shape index (κ2) is 5.73. The van der Waals surface area contributed by atoms with Gasteiger partial charge in [-0.3, -0.25) is 4.98 Å². The zero-order valence-corrected chi connectivity index (χ0v) is 13.6. The molecular formula is C19H13ClFN3. The highest BCUT2D eigenvalue weighted by Crippen LogP contribution is 2.37. The average Bonchev–Trinajstić information content (AvgIpc) is 2.94. The summed E-state index contributed by atoms with van der Waals surface area (Å²) in [5.41, 5.74) is 6.44. The van der Waals surface area contributed by atoms with Crippen LogP contribution in [0.3, 0.4) is 0 Å². The number of nitrogens with one attached hydrogen (secondary N) is 1. The predicted molar refractivity (Wildman–Crippen MR) is 94.5 cm³/mol. The summed E-state index contributed by atoms with van der Waals surface area (Å²) < 4.78 is 13.3. The van der Waals surface area contributed by atoms with Crippen LogP contribution in [0.1, 0.15) is 5.56 Å². The van der Waals surface area contributed by atoms with Crippen molar-refractivity contribution in [2.24, 2.45) is 0 Å². The van der Waals surface area contributed by atoms with Gasteiger partial charge in [-0.15, -0.1) is 0 Å². The average molecular weight is 338 g/mol. The number of halogens is 2. The van der Waals surface area contributed by atoms with Gasteiger partial charge in [0.1, 0.15) is 11.0 Å². The smallest absolute Gasteiger partial charge is 0.129 e. The topological polar surface area (TPSA) is 41.6 Å². The van der Waals surface area contributed by atoms with E-state index in [0.29, 0.717) is 5.15 Å². The van der Waals surface area contributed by atoms with E-state index in [1.807, 2.05) is 25.3 Å². The number of benzene rings is 1. The quantitative estimate of drug-likeness (QED) is 0.498. The SMILES string of the molecule is Cc1cnc2c(-c3ccc(F)cc3)c(-c3ccnc(Cl)c3)[nH]c2c1. The highest BCUT2D eigenvalue weighted by atomic mass is 35.5. The number of fused-ring (bicyclic) bond motifs is 1. The third kappa shape index (κ3) is 2.55. The molecule has 0 unspecified atom stereocenters. The Bertz CT molecular complexity index is 1040. The number of aromatic nitrogens is 3. The lowest BCUT2D eigenvalue weighted by Gasteiger charge is -2.05. The number of pyridine rings is 2. The van der Waals surface area contributed by atoms with E-state index in [0.717, 1.165) is 39.0 Å². The molecule has 3 heterocycles. The van der Waals surface area contributed by atoms with Crippen LogP contribution in [0.5, 0.6) is 0 Å². The van der Waals surface area contributed by atoms with E-state index in [-0.39, 0.29) is 5.82 Å². The van der Waals surface area contributed by atoms with Gasteiger partial charge in [-0.25, -0.2) is 9.37 Å². The normalized spacial score (nSPS) is 11.1. The minimum Gasteiger partial charge on any atom is -0.353 e. The molecule has 0 saturated heterocycles. The fraction of sp³-hybridized carbons (Fsp3) is 0.0526. The lowest BCUT2D eigenvalue weighted by Crippen LogP contribution is -1.85. The maximum absolute atomic E-state index is 13.3. The van der Waals surface area contributed by atoms with Crippen molar-refractivity contribution in [2.45, 2.75) is 6.92 Å². The van der Waals surface area contributed by atoms with E-state index in [4.69, 9.17) is 11.6 Å². The van der Waals surface area contributed by atoms with Crippen molar-refractivity contribution in [3.05, 3.63) is 71.4 Å². The van der Waals surface area contributed by atoms with Gasteiger partial charge in [0, 0.05) is 23.5 Å². The van der Waals surface area contributed by atoms with Crippen molar-refractivity contribution in [3.63, 3.8) is 0 Å². The fourth-order valence-electron chi connectivity index (χ4n) is 2.85. The molecule has 0 aliphatic rings. The fourth-order valence-corrected chi connectivity index (χ4v) is 3.03. The molecule has 3 aromatic heterocycles. The maximum atomic E-state index is 13.3. The molecule has 1 aromatic carbocycles. The van der Waals surface area contributed by atoms with Crippen LogP contribution in [0, 0.1) is 12.7 Å². The van der Waals surface area contributed by atoms with Crippen LogP contribution < -0.4 is 0 Å². The molecule has 0 aliphatic carbocycles. The summed E-state index contributed by atoms with van der Waals surface area (Å²) in [6, 6.07) is 12.1. The Kier molecular flexibility index (Phi) is 3.54. The number of hydrogen-bond donors (Lipinski definition) is 1. The largest absolute Gasteiger partial charge is 0.353 e. The minimum absolute atomic E-state index is 0.268. The van der Waals surface area contributed by atoms with Crippen LogP contribution in [0.25, 0.3) is 33.4 Å². The molecule has 4 rings (SSSR count). The summed E-state index contributed by atoms with van der Waals surface area (Å²) in [5.74, 6) is -0.268. The first-order chi connectivity index (χ1) is 11.6. The van der Waals surface area contributed by atoms with Gasteiger partial charge in [-0.2, -0.15) is 0 Å². The van der Waals surface area contributed by atoms with Gasteiger partial charge in [0.05, 0.1) is 16.7 Å². The first kappa shape index (κ1) is 14.8. The molecule has 0 atom stereocenters. The zero-order chi connectivity index (χ0) is 16.7. The lowest BCUT2D eigenvalue weighted by molar-refractivity contribution is 0.628. The van der Waals surface area contributed by atoms with Gasteiger partial charge in [0.25, 0.3) is 0 Å². The van der Waals surface area contributed by atoms with Crippen LogP contribution in [-0.2, 0) is 0 Å². The summed E-state index contributed by atoms with van der Waals surface area (Å²) in [6.07, 6.45) is 3.49. The Labute approximate surface area is 143 Å². The molecule has 118 valence electrons. The van der Waals surface area contributed by atoms with E-state index in [2.05, 4.69) is 15.0 Å². The third-order valence-electron chi connectivity index (χ3n) is 3.92. The molecule has 0 radical (unpaired) electrons. The van der Waals surface area contributed by atoms with Gasteiger partial charge in [-0.1, -0.05) is 23.7 Å². The monoisotopic (exact) mass is 337 g/mol.